The van der Waals surface area contributed by atoms with Crippen molar-refractivity contribution in [2.75, 3.05) is 6.54 Å². The summed E-state index contributed by atoms with van der Waals surface area (Å²) < 4.78 is 0. The lowest BCUT2D eigenvalue weighted by Gasteiger charge is -2.56. The van der Waals surface area contributed by atoms with Gasteiger partial charge in [-0.15, -0.1) is 0 Å². The highest BCUT2D eigenvalue weighted by molar-refractivity contribution is 6.42. The van der Waals surface area contributed by atoms with Crippen LogP contribution in [0.2, 0.25) is 10.0 Å². The minimum absolute atomic E-state index is 0.111. The summed E-state index contributed by atoms with van der Waals surface area (Å²) >= 11 is 12.1. The van der Waals surface area contributed by atoms with Crippen molar-refractivity contribution in [2.45, 2.75) is 44.9 Å². The first-order valence-corrected chi connectivity index (χ1v) is 7.42. The maximum absolute atomic E-state index is 6.12. The van der Waals surface area contributed by atoms with Crippen molar-refractivity contribution in [1.29, 1.82) is 0 Å². The van der Waals surface area contributed by atoms with Crippen LogP contribution in [0.1, 0.15) is 45.1 Å². The molecule has 0 aromatic heterocycles. The van der Waals surface area contributed by atoms with Gasteiger partial charge in [-0.2, -0.15) is 0 Å². The van der Waals surface area contributed by atoms with Crippen LogP contribution in [0.25, 0.3) is 0 Å². The summed E-state index contributed by atoms with van der Waals surface area (Å²) in [6.45, 7) is 5.24. The van der Waals surface area contributed by atoms with Crippen LogP contribution in [-0.4, -0.2) is 6.54 Å². The van der Waals surface area contributed by atoms with E-state index in [1.165, 1.54) is 31.2 Å². The Morgan fingerprint density at radius 3 is 2.17 bits per heavy atom. The Morgan fingerprint density at radius 1 is 1.11 bits per heavy atom. The number of rotatable bonds is 4. The third-order valence-corrected chi connectivity index (χ3v) is 5.59. The number of hydrogen-bond acceptors (Lipinski definition) is 1. The van der Waals surface area contributed by atoms with Crippen molar-refractivity contribution in [3.05, 3.63) is 33.8 Å². The minimum atomic E-state index is 0.111. The maximum atomic E-state index is 6.12. The van der Waals surface area contributed by atoms with Gasteiger partial charge in [-0.3, -0.25) is 0 Å². The summed E-state index contributed by atoms with van der Waals surface area (Å²) in [5.41, 5.74) is 7.88. The third-order valence-electron chi connectivity index (χ3n) is 4.85. The first-order valence-electron chi connectivity index (χ1n) is 6.66. The van der Waals surface area contributed by atoms with Crippen LogP contribution in [0.5, 0.6) is 0 Å². The van der Waals surface area contributed by atoms with Gasteiger partial charge in [-0.05, 0) is 36.0 Å². The fourth-order valence-corrected chi connectivity index (χ4v) is 3.72. The SMILES string of the molecule is CCC1(CC)CC(CN)(c2ccc(Cl)c(Cl)c2)C1. The Morgan fingerprint density at radius 2 is 1.72 bits per heavy atom. The number of halogens is 2. The third kappa shape index (κ3) is 2.17. The van der Waals surface area contributed by atoms with Crippen molar-refractivity contribution in [3.63, 3.8) is 0 Å². The Hall–Kier alpha value is -0.240. The zero-order chi connectivity index (χ0) is 13.4. The quantitative estimate of drug-likeness (QED) is 0.846. The second-order valence-electron chi connectivity index (χ2n) is 5.67. The van der Waals surface area contributed by atoms with Gasteiger partial charge in [0.1, 0.15) is 0 Å². The molecule has 1 saturated carbocycles. The zero-order valence-corrected chi connectivity index (χ0v) is 12.6. The summed E-state index contributed by atoms with van der Waals surface area (Å²) in [4.78, 5) is 0. The first-order chi connectivity index (χ1) is 8.51. The topological polar surface area (TPSA) is 26.0 Å². The Labute approximate surface area is 120 Å². The summed E-state index contributed by atoms with van der Waals surface area (Å²) in [6.07, 6.45) is 4.79. The average Bonchev–Trinajstić information content (AvgIpc) is 2.34. The second kappa shape index (κ2) is 5.03. The molecule has 0 aliphatic heterocycles. The molecule has 0 atom stereocenters. The predicted octanol–water partition coefficient (Wildman–Crippen LogP) is 4.79. The lowest BCUT2D eigenvalue weighted by atomic mass is 9.48. The molecule has 2 rings (SSSR count). The highest BCUT2D eigenvalue weighted by Crippen LogP contribution is 2.59. The smallest absolute Gasteiger partial charge is 0.0595 e. The molecule has 100 valence electrons. The monoisotopic (exact) mass is 285 g/mol. The Bertz CT molecular complexity index is 430. The van der Waals surface area contributed by atoms with Gasteiger partial charge in [0.15, 0.2) is 0 Å². The van der Waals surface area contributed by atoms with E-state index in [9.17, 15) is 0 Å². The van der Waals surface area contributed by atoms with Crippen LogP contribution in [-0.2, 0) is 5.41 Å². The lowest BCUT2D eigenvalue weighted by molar-refractivity contribution is 0.0183. The first kappa shape index (κ1) is 14.2. The van der Waals surface area contributed by atoms with Crippen LogP contribution >= 0.6 is 23.2 Å². The molecule has 0 heterocycles. The van der Waals surface area contributed by atoms with Crippen molar-refractivity contribution in [3.8, 4) is 0 Å². The lowest BCUT2D eigenvalue weighted by Crippen LogP contribution is -2.53. The van der Waals surface area contributed by atoms with Gasteiger partial charge in [0.25, 0.3) is 0 Å². The molecule has 0 saturated heterocycles. The van der Waals surface area contributed by atoms with Gasteiger partial charge >= 0.3 is 0 Å². The second-order valence-corrected chi connectivity index (χ2v) is 6.49. The molecule has 0 spiro atoms. The summed E-state index contributed by atoms with van der Waals surface area (Å²) in [5, 5.41) is 1.25. The van der Waals surface area contributed by atoms with E-state index in [2.05, 4.69) is 19.9 Å². The van der Waals surface area contributed by atoms with E-state index in [0.717, 1.165) is 0 Å². The van der Waals surface area contributed by atoms with Gasteiger partial charge in [0.05, 0.1) is 10.0 Å². The highest BCUT2D eigenvalue weighted by atomic mass is 35.5. The van der Waals surface area contributed by atoms with Gasteiger partial charge in [0, 0.05) is 12.0 Å². The molecule has 1 aliphatic carbocycles. The summed E-state index contributed by atoms with van der Waals surface area (Å²) in [6, 6.07) is 5.96. The highest BCUT2D eigenvalue weighted by Gasteiger charge is 2.52. The van der Waals surface area contributed by atoms with Gasteiger partial charge in [-0.25, -0.2) is 0 Å². The normalized spacial score (nSPS) is 20.5. The van der Waals surface area contributed by atoms with Crippen molar-refractivity contribution < 1.29 is 0 Å². The summed E-state index contributed by atoms with van der Waals surface area (Å²) in [5.74, 6) is 0. The molecule has 1 aliphatic rings. The van der Waals surface area contributed by atoms with Crippen LogP contribution < -0.4 is 5.73 Å². The van der Waals surface area contributed by atoms with Crippen LogP contribution in [0, 0.1) is 5.41 Å². The predicted molar refractivity (Wildman–Crippen MR) is 79.4 cm³/mol. The van der Waals surface area contributed by atoms with Crippen molar-refractivity contribution in [1.82, 2.24) is 0 Å². The van der Waals surface area contributed by atoms with E-state index in [1.807, 2.05) is 12.1 Å². The van der Waals surface area contributed by atoms with E-state index in [4.69, 9.17) is 28.9 Å². The summed E-state index contributed by atoms with van der Waals surface area (Å²) in [7, 11) is 0. The minimum Gasteiger partial charge on any atom is -0.330 e. The molecule has 1 aromatic carbocycles. The van der Waals surface area contributed by atoms with Crippen molar-refractivity contribution in [2.24, 2.45) is 11.1 Å². The van der Waals surface area contributed by atoms with E-state index in [0.29, 0.717) is 22.0 Å². The number of hydrogen-bond donors (Lipinski definition) is 1. The molecular formula is C15H21Cl2N. The molecule has 0 unspecified atom stereocenters. The Kier molecular flexibility index (Phi) is 3.96. The maximum Gasteiger partial charge on any atom is 0.0595 e. The molecule has 0 amide bonds. The van der Waals surface area contributed by atoms with Gasteiger partial charge in [0.2, 0.25) is 0 Å². The zero-order valence-electron chi connectivity index (χ0n) is 11.1. The van der Waals surface area contributed by atoms with Gasteiger partial charge < -0.3 is 5.73 Å². The molecule has 0 radical (unpaired) electrons. The fraction of sp³-hybridized carbons (Fsp3) is 0.600. The van der Waals surface area contributed by atoms with Crippen LogP contribution in [0.15, 0.2) is 18.2 Å². The molecule has 18 heavy (non-hydrogen) atoms. The van der Waals surface area contributed by atoms with Crippen LogP contribution in [0.3, 0.4) is 0 Å². The molecule has 3 heteroatoms. The van der Waals surface area contributed by atoms with E-state index < -0.39 is 0 Å². The molecule has 0 bridgehead atoms. The molecule has 1 nitrogen and oxygen atoms in total. The number of nitrogens with two attached hydrogens (primary N) is 1. The average molecular weight is 286 g/mol. The standard InChI is InChI=1S/C15H21Cl2N/c1-3-14(4-2)8-15(9-14,10-18)11-5-6-12(16)13(17)7-11/h5-7H,3-4,8-10,18H2,1-2H3. The molecular weight excluding hydrogens is 265 g/mol. The van der Waals surface area contributed by atoms with Crippen molar-refractivity contribution >= 4 is 23.2 Å². The van der Waals surface area contributed by atoms with E-state index in [-0.39, 0.29) is 5.41 Å². The molecule has 2 N–H and O–H groups in total. The molecule has 1 aromatic rings. The van der Waals surface area contributed by atoms with E-state index in [1.54, 1.807) is 0 Å². The van der Waals surface area contributed by atoms with E-state index >= 15 is 0 Å². The largest absolute Gasteiger partial charge is 0.330 e. The number of benzene rings is 1. The Balaban J connectivity index is 2.28. The van der Waals surface area contributed by atoms with Gasteiger partial charge in [-0.1, -0.05) is 56.0 Å². The fourth-order valence-electron chi connectivity index (χ4n) is 3.43. The molecule has 1 fully saturated rings. The van der Waals surface area contributed by atoms with Crippen LogP contribution in [0.4, 0.5) is 0 Å².